The zero-order valence-corrected chi connectivity index (χ0v) is 28.1. The number of amidine groups is 1. The Morgan fingerprint density at radius 2 is 1.20 bits per heavy atom. The van der Waals surface area contributed by atoms with Crippen LogP contribution < -0.4 is 10.6 Å². The van der Waals surface area contributed by atoms with Crippen LogP contribution in [0.1, 0.15) is 29.0 Å². The van der Waals surface area contributed by atoms with Gasteiger partial charge in [0.15, 0.2) is 0 Å². The molecular weight excluding hydrogens is 647 g/mol. The van der Waals surface area contributed by atoms with E-state index in [2.05, 4.69) is 150 Å². The predicted octanol–water partition coefficient (Wildman–Crippen LogP) is 11.9. The van der Waals surface area contributed by atoms with Gasteiger partial charge in [0, 0.05) is 47.3 Å². The maximum Gasteiger partial charge on any atom is 0.146 e. The van der Waals surface area contributed by atoms with Gasteiger partial charge in [-0.05, 0) is 65.2 Å². The van der Waals surface area contributed by atoms with Crippen LogP contribution in [0.2, 0.25) is 0 Å². The average molecular weight is 676 g/mol. The van der Waals surface area contributed by atoms with Gasteiger partial charge in [-0.2, -0.15) is 0 Å². The lowest BCUT2D eigenvalue weighted by atomic mass is 10.00. The molecule has 6 heteroatoms. The topological polar surface area (TPSA) is 62.7 Å². The van der Waals surface area contributed by atoms with E-state index in [1.807, 2.05) is 23.5 Å². The van der Waals surface area contributed by atoms with Gasteiger partial charge < -0.3 is 14.2 Å². The van der Waals surface area contributed by atoms with Crippen LogP contribution in [0, 0.1) is 0 Å². The highest BCUT2D eigenvalue weighted by atomic mass is 32.1. The highest BCUT2D eigenvalue weighted by molar-refractivity contribution is 7.25. The summed E-state index contributed by atoms with van der Waals surface area (Å²) >= 11 is 1.83. The van der Waals surface area contributed by atoms with Crippen LogP contribution >= 0.6 is 11.3 Å². The lowest BCUT2D eigenvalue weighted by Gasteiger charge is -2.32. The SMILES string of the molecule is c1ccc(C2NC(c3cccc4c3oc3ccc(-c5ccc6oc7ccccc7c6c5)cc34)=NC(c3cccc4sc5ccccc5c34)N2)cc1. The van der Waals surface area contributed by atoms with Crippen LogP contribution in [-0.4, -0.2) is 5.84 Å². The van der Waals surface area contributed by atoms with E-state index in [1.54, 1.807) is 0 Å². The third kappa shape index (κ3) is 4.54. The van der Waals surface area contributed by atoms with Gasteiger partial charge in [0.1, 0.15) is 40.5 Å². The van der Waals surface area contributed by atoms with Crippen LogP contribution in [0.5, 0.6) is 0 Å². The molecule has 4 heterocycles. The first kappa shape index (κ1) is 28.6. The van der Waals surface area contributed by atoms with Crippen molar-refractivity contribution in [2.75, 3.05) is 0 Å². The van der Waals surface area contributed by atoms with E-state index in [4.69, 9.17) is 13.8 Å². The fourth-order valence-corrected chi connectivity index (χ4v) is 8.91. The minimum Gasteiger partial charge on any atom is -0.456 e. The van der Waals surface area contributed by atoms with Gasteiger partial charge in [0.05, 0.1) is 5.56 Å². The van der Waals surface area contributed by atoms with Gasteiger partial charge in [-0.3, -0.25) is 5.32 Å². The molecule has 51 heavy (non-hydrogen) atoms. The van der Waals surface area contributed by atoms with Gasteiger partial charge in [-0.25, -0.2) is 4.99 Å². The van der Waals surface area contributed by atoms with Crippen molar-refractivity contribution >= 4 is 81.2 Å². The van der Waals surface area contributed by atoms with Crippen molar-refractivity contribution in [3.8, 4) is 11.1 Å². The summed E-state index contributed by atoms with van der Waals surface area (Å²) in [6, 6.07) is 53.2. The normalized spacial score (nSPS) is 16.4. The molecule has 1 aliphatic rings. The summed E-state index contributed by atoms with van der Waals surface area (Å²) in [6.45, 7) is 0. The molecule has 0 spiro atoms. The van der Waals surface area contributed by atoms with Crippen LogP contribution in [-0.2, 0) is 0 Å². The Balaban J connectivity index is 1.06. The molecule has 0 amide bonds. The molecule has 0 saturated heterocycles. The molecule has 0 bridgehead atoms. The third-order valence-corrected chi connectivity index (χ3v) is 11.3. The molecule has 0 radical (unpaired) electrons. The zero-order chi connectivity index (χ0) is 33.5. The number of nitrogens with zero attached hydrogens (tertiary/aromatic N) is 1. The zero-order valence-electron chi connectivity index (χ0n) is 27.3. The highest BCUT2D eigenvalue weighted by Crippen LogP contribution is 2.41. The summed E-state index contributed by atoms with van der Waals surface area (Å²) in [5.41, 5.74) is 8.95. The maximum atomic E-state index is 6.69. The molecule has 2 atom stereocenters. The first-order chi connectivity index (χ1) is 25.2. The van der Waals surface area contributed by atoms with Crippen molar-refractivity contribution in [1.82, 2.24) is 10.6 Å². The first-order valence-electron chi connectivity index (χ1n) is 17.2. The second-order valence-electron chi connectivity index (χ2n) is 13.2. The lowest BCUT2D eigenvalue weighted by molar-refractivity contribution is 0.410. The van der Waals surface area contributed by atoms with Crippen LogP contribution in [0.4, 0.5) is 0 Å². The largest absolute Gasteiger partial charge is 0.456 e. The van der Waals surface area contributed by atoms with Gasteiger partial charge in [-0.1, -0.05) is 103 Å². The predicted molar refractivity (Wildman–Crippen MR) is 210 cm³/mol. The second kappa shape index (κ2) is 11.2. The maximum absolute atomic E-state index is 6.69. The molecular formula is C45H29N3O2S. The third-order valence-electron chi connectivity index (χ3n) is 10.2. The van der Waals surface area contributed by atoms with Crippen LogP contribution in [0.15, 0.2) is 165 Å². The monoisotopic (exact) mass is 675 g/mol. The summed E-state index contributed by atoms with van der Waals surface area (Å²) in [5.74, 6) is 0.798. The molecule has 5 nitrogen and oxygen atoms in total. The Morgan fingerprint density at radius 3 is 2.06 bits per heavy atom. The molecule has 0 saturated carbocycles. The van der Waals surface area contributed by atoms with E-state index in [0.717, 1.165) is 77.5 Å². The Kier molecular flexibility index (Phi) is 6.26. The van der Waals surface area contributed by atoms with E-state index in [-0.39, 0.29) is 12.3 Å². The minimum atomic E-state index is -0.284. The first-order valence-corrected chi connectivity index (χ1v) is 18.0. The number of thiophene rings is 1. The molecule has 11 rings (SSSR count). The summed E-state index contributed by atoms with van der Waals surface area (Å²) in [7, 11) is 0. The standard InChI is InChI=1S/C45H29N3O2S/c1-2-10-26(11-3-1)43-46-44(32-15-9-19-40-41(32)31-13-5-7-18-39(31)51-40)48-45(47-43)33-16-8-14-30-35-25-28(21-23-38(35)50-42(30)33)27-20-22-37-34(24-27)29-12-4-6-17-36(29)49-37/h1-25,43-44,46H,(H,47,48). The number of hydrogen-bond acceptors (Lipinski definition) is 6. The Labute approximate surface area is 296 Å². The molecule has 2 unspecified atom stereocenters. The van der Waals surface area contributed by atoms with E-state index in [1.165, 1.54) is 20.2 Å². The molecule has 3 aromatic heterocycles. The number of furan rings is 2. The van der Waals surface area contributed by atoms with Crippen molar-refractivity contribution in [1.29, 1.82) is 0 Å². The summed E-state index contributed by atoms with van der Waals surface area (Å²) < 4.78 is 15.3. The molecule has 0 fully saturated rings. The summed E-state index contributed by atoms with van der Waals surface area (Å²) in [4.78, 5) is 5.40. The van der Waals surface area contributed by atoms with Gasteiger partial charge in [0.2, 0.25) is 0 Å². The lowest BCUT2D eigenvalue weighted by Crippen LogP contribution is -2.45. The fraction of sp³-hybridized carbons (Fsp3) is 0.0444. The quantitative estimate of drug-likeness (QED) is 0.195. The smallest absolute Gasteiger partial charge is 0.146 e. The van der Waals surface area contributed by atoms with Crippen molar-refractivity contribution in [2.24, 2.45) is 4.99 Å². The average Bonchev–Trinajstić information content (AvgIpc) is 3.88. The Morgan fingerprint density at radius 1 is 0.529 bits per heavy atom. The summed E-state index contributed by atoms with van der Waals surface area (Å²) in [6.07, 6.45) is -0.447. The number of rotatable bonds is 4. The van der Waals surface area contributed by atoms with Crippen molar-refractivity contribution in [3.05, 3.63) is 168 Å². The number of fused-ring (bicyclic) bond motifs is 9. The fourth-order valence-electron chi connectivity index (χ4n) is 7.77. The molecule has 1 aliphatic heterocycles. The minimum absolute atomic E-state index is 0.163. The highest BCUT2D eigenvalue weighted by Gasteiger charge is 2.29. The van der Waals surface area contributed by atoms with Gasteiger partial charge in [-0.15, -0.1) is 11.3 Å². The molecule has 2 N–H and O–H groups in total. The number of nitrogens with one attached hydrogen (secondary N) is 2. The number of hydrogen-bond donors (Lipinski definition) is 2. The van der Waals surface area contributed by atoms with Crippen LogP contribution in [0.25, 0.3) is 75.2 Å². The van der Waals surface area contributed by atoms with Gasteiger partial charge >= 0.3 is 0 Å². The second-order valence-corrected chi connectivity index (χ2v) is 14.2. The van der Waals surface area contributed by atoms with E-state index in [0.29, 0.717) is 0 Å². The molecule has 10 aromatic rings. The number of aliphatic imine (C=N–C) groups is 1. The van der Waals surface area contributed by atoms with E-state index in [9.17, 15) is 0 Å². The van der Waals surface area contributed by atoms with Crippen molar-refractivity contribution in [3.63, 3.8) is 0 Å². The van der Waals surface area contributed by atoms with Crippen LogP contribution in [0.3, 0.4) is 0 Å². The summed E-state index contributed by atoms with van der Waals surface area (Å²) in [5, 5.41) is 14.4. The number of para-hydroxylation sites is 2. The molecule has 242 valence electrons. The Bertz CT molecular complexity index is 3010. The van der Waals surface area contributed by atoms with Gasteiger partial charge in [0.25, 0.3) is 0 Å². The molecule has 0 aliphatic carbocycles. The number of benzene rings is 7. The van der Waals surface area contributed by atoms with E-state index >= 15 is 0 Å². The van der Waals surface area contributed by atoms with E-state index < -0.39 is 0 Å². The van der Waals surface area contributed by atoms with Crippen molar-refractivity contribution in [2.45, 2.75) is 12.3 Å². The molecule has 7 aromatic carbocycles. The Hall–Kier alpha value is -6.21. The van der Waals surface area contributed by atoms with Crippen molar-refractivity contribution < 1.29 is 8.83 Å².